The predicted molar refractivity (Wildman–Crippen MR) is 86.0 cm³/mol. The summed E-state index contributed by atoms with van der Waals surface area (Å²) < 4.78 is 10.7. The maximum Gasteiger partial charge on any atom is 0.119 e. The van der Waals surface area contributed by atoms with Crippen molar-refractivity contribution in [3.8, 4) is 5.75 Å². The number of benzene rings is 1. The molecule has 0 heterocycles. The lowest BCUT2D eigenvalue weighted by Gasteiger charge is -2.41. The number of aryl methyl sites for hydroxylation is 1. The summed E-state index contributed by atoms with van der Waals surface area (Å²) in [4.78, 5) is 2.44. The Balaban J connectivity index is 2.23. The van der Waals surface area contributed by atoms with Gasteiger partial charge in [0.05, 0.1) is 13.7 Å². The molecule has 1 aliphatic carbocycles. The Morgan fingerprint density at radius 1 is 1.38 bits per heavy atom. The third-order valence-corrected chi connectivity index (χ3v) is 4.72. The Hall–Kier alpha value is -1.10. The second-order valence-electron chi connectivity index (χ2n) is 5.91. The van der Waals surface area contributed by atoms with Gasteiger partial charge in [0.15, 0.2) is 0 Å². The first-order chi connectivity index (χ1) is 10.1. The average Bonchev–Trinajstić information content (AvgIpc) is 2.52. The highest BCUT2D eigenvalue weighted by Gasteiger charge is 2.33. The number of likely N-dealkylation sites (N-methyl/N-ethyl adjacent to an activating group) is 2. The van der Waals surface area contributed by atoms with E-state index < -0.39 is 0 Å². The summed E-state index contributed by atoms with van der Waals surface area (Å²) in [6, 6.07) is 7.69. The smallest absolute Gasteiger partial charge is 0.119 e. The molecule has 21 heavy (non-hydrogen) atoms. The third kappa shape index (κ3) is 3.39. The summed E-state index contributed by atoms with van der Waals surface area (Å²) in [7, 11) is 7.74. The Morgan fingerprint density at radius 3 is 2.76 bits per heavy atom. The highest BCUT2D eigenvalue weighted by molar-refractivity contribution is 5.40. The lowest BCUT2D eigenvalue weighted by Crippen LogP contribution is -2.49. The van der Waals surface area contributed by atoms with Gasteiger partial charge in [-0.2, -0.15) is 0 Å². The molecule has 1 aromatic rings. The summed E-state index contributed by atoms with van der Waals surface area (Å²) in [6.45, 7) is 2.98. The molecule has 3 atom stereocenters. The normalized spacial score (nSPS) is 23.0. The number of hydrogen-bond donors (Lipinski definition) is 1. The first-order valence-corrected chi connectivity index (χ1v) is 7.67. The molecular weight excluding hydrogens is 264 g/mol. The van der Waals surface area contributed by atoms with E-state index in [4.69, 9.17) is 9.47 Å². The SMILES string of the molecule is CNC1c2ccc(OC)cc2CCC1N(C)C(C)COC. The molecule has 0 spiro atoms. The molecule has 0 fully saturated rings. The molecule has 0 aliphatic heterocycles. The van der Waals surface area contributed by atoms with E-state index in [0.717, 1.165) is 25.2 Å². The lowest BCUT2D eigenvalue weighted by atomic mass is 9.83. The monoisotopic (exact) mass is 292 g/mol. The van der Waals surface area contributed by atoms with Crippen LogP contribution in [0.2, 0.25) is 0 Å². The first kappa shape index (κ1) is 16.3. The first-order valence-electron chi connectivity index (χ1n) is 7.67. The van der Waals surface area contributed by atoms with Crippen LogP contribution < -0.4 is 10.1 Å². The van der Waals surface area contributed by atoms with Crippen molar-refractivity contribution in [2.45, 2.75) is 37.9 Å². The largest absolute Gasteiger partial charge is 0.497 e. The summed E-state index contributed by atoms with van der Waals surface area (Å²) in [5.74, 6) is 0.947. The number of methoxy groups -OCH3 is 2. The average molecular weight is 292 g/mol. The molecule has 1 aliphatic rings. The quantitative estimate of drug-likeness (QED) is 0.872. The minimum absolute atomic E-state index is 0.351. The number of fused-ring (bicyclic) bond motifs is 1. The van der Waals surface area contributed by atoms with Gasteiger partial charge in [-0.25, -0.2) is 0 Å². The summed E-state index contributed by atoms with van der Waals surface area (Å²) >= 11 is 0. The van der Waals surface area contributed by atoms with E-state index in [-0.39, 0.29) is 0 Å². The molecule has 2 rings (SSSR count). The Labute approximate surface area is 128 Å². The van der Waals surface area contributed by atoms with Gasteiger partial charge in [-0.05, 0) is 57.1 Å². The number of rotatable bonds is 6. The van der Waals surface area contributed by atoms with Crippen molar-refractivity contribution < 1.29 is 9.47 Å². The van der Waals surface area contributed by atoms with E-state index in [2.05, 4.69) is 42.4 Å². The van der Waals surface area contributed by atoms with Crippen LogP contribution in [0.4, 0.5) is 0 Å². The molecule has 118 valence electrons. The van der Waals surface area contributed by atoms with Gasteiger partial charge in [-0.1, -0.05) is 6.07 Å². The van der Waals surface area contributed by atoms with E-state index in [1.807, 2.05) is 7.05 Å². The maximum atomic E-state index is 5.35. The Kier molecular flexibility index (Phi) is 5.62. The van der Waals surface area contributed by atoms with Gasteiger partial charge in [-0.3, -0.25) is 4.90 Å². The summed E-state index contributed by atoms with van der Waals surface area (Å²) in [6.07, 6.45) is 2.25. The van der Waals surface area contributed by atoms with Gasteiger partial charge < -0.3 is 14.8 Å². The third-order valence-electron chi connectivity index (χ3n) is 4.72. The molecule has 0 aromatic heterocycles. The van der Waals surface area contributed by atoms with Crippen LogP contribution in [0.25, 0.3) is 0 Å². The van der Waals surface area contributed by atoms with Crippen LogP contribution in [0.1, 0.15) is 30.5 Å². The topological polar surface area (TPSA) is 33.7 Å². The fourth-order valence-electron chi connectivity index (χ4n) is 3.38. The fraction of sp³-hybridized carbons (Fsp3) is 0.647. The number of hydrogen-bond acceptors (Lipinski definition) is 4. The molecule has 0 amide bonds. The molecule has 0 saturated carbocycles. The highest BCUT2D eigenvalue weighted by atomic mass is 16.5. The molecular formula is C17H28N2O2. The van der Waals surface area contributed by atoms with Crippen LogP contribution >= 0.6 is 0 Å². The Bertz CT molecular complexity index is 464. The standard InChI is InChI=1S/C17H28N2O2/c1-12(11-20-4)19(3)16-9-6-13-10-14(21-5)7-8-15(13)17(16)18-2/h7-8,10,12,16-18H,6,9,11H2,1-5H3. The second-order valence-corrected chi connectivity index (χ2v) is 5.91. The van der Waals surface area contributed by atoms with Crippen LogP contribution in [0.5, 0.6) is 5.75 Å². The zero-order valence-corrected chi connectivity index (χ0v) is 13.8. The molecule has 0 radical (unpaired) electrons. The van der Waals surface area contributed by atoms with Crippen LogP contribution in [0.15, 0.2) is 18.2 Å². The lowest BCUT2D eigenvalue weighted by molar-refractivity contribution is 0.0696. The van der Waals surface area contributed by atoms with Crippen molar-refractivity contribution in [1.82, 2.24) is 10.2 Å². The van der Waals surface area contributed by atoms with Gasteiger partial charge in [-0.15, -0.1) is 0 Å². The van der Waals surface area contributed by atoms with E-state index in [0.29, 0.717) is 18.1 Å². The van der Waals surface area contributed by atoms with E-state index in [1.54, 1.807) is 14.2 Å². The summed E-state index contributed by atoms with van der Waals surface area (Å²) in [5, 5.41) is 3.50. The molecule has 3 unspecified atom stereocenters. The molecule has 4 heteroatoms. The van der Waals surface area contributed by atoms with Crippen molar-refractivity contribution in [2.24, 2.45) is 0 Å². The predicted octanol–water partition coefficient (Wildman–Crippen LogP) is 2.24. The second kappa shape index (κ2) is 7.25. The van der Waals surface area contributed by atoms with E-state index in [9.17, 15) is 0 Å². The zero-order chi connectivity index (χ0) is 15.4. The van der Waals surface area contributed by atoms with Crippen LogP contribution in [-0.2, 0) is 11.2 Å². The van der Waals surface area contributed by atoms with Gasteiger partial charge in [0.1, 0.15) is 5.75 Å². The number of ether oxygens (including phenoxy) is 2. The number of nitrogens with one attached hydrogen (secondary N) is 1. The zero-order valence-electron chi connectivity index (χ0n) is 13.8. The maximum absolute atomic E-state index is 5.35. The molecule has 1 aromatic carbocycles. The molecule has 0 saturated heterocycles. The van der Waals surface area contributed by atoms with Crippen LogP contribution in [0.3, 0.4) is 0 Å². The van der Waals surface area contributed by atoms with Gasteiger partial charge in [0, 0.05) is 25.2 Å². The molecule has 0 bridgehead atoms. The molecule has 4 nitrogen and oxygen atoms in total. The molecule has 1 N–H and O–H groups in total. The van der Waals surface area contributed by atoms with Crippen molar-refractivity contribution in [3.05, 3.63) is 29.3 Å². The van der Waals surface area contributed by atoms with Gasteiger partial charge in [0.25, 0.3) is 0 Å². The van der Waals surface area contributed by atoms with E-state index >= 15 is 0 Å². The van der Waals surface area contributed by atoms with Gasteiger partial charge >= 0.3 is 0 Å². The van der Waals surface area contributed by atoms with Crippen molar-refractivity contribution in [3.63, 3.8) is 0 Å². The van der Waals surface area contributed by atoms with Crippen molar-refractivity contribution in [1.29, 1.82) is 0 Å². The minimum atomic E-state index is 0.351. The fourth-order valence-corrected chi connectivity index (χ4v) is 3.38. The Morgan fingerprint density at radius 2 is 2.14 bits per heavy atom. The number of nitrogens with zero attached hydrogens (tertiary/aromatic N) is 1. The van der Waals surface area contributed by atoms with Crippen LogP contribution in [-0.4, -0.2) is 51.9 Å². The van der Waals surface area contributed by atoms with Crippen molar-refractivity contribution >= 4 is 0 Å². The summed E-state index contributed by atoms with van der Waals surface area (Å²) in [5.41, 5.74) is 2.80. The highest BCUT2D eigenvalue weighted by Crippen LogP contribution is 2.35. The van der Waals surface area contributed by atoms with Gasteiger partial charge in [0.2, 0.25) is 0 Å². The van der Waals surface area contributed by atoms with Crippen LogP contribution in [0, 0.1) is 0 Å². The van der Waals surface area contributed by atoms with E-state index in [1.165, 1.54) is 11.1 Å². The minimum Gasteiger partial charge on any atom is -0.497 e. The van der Waals surface area contributed by atoms with Crippen molar-refractivity contribution in [2.75, 3.05) is 34.9 Å².